The van der Waals surface area contributed by atoms with Crippen LogP contribution in [0.3, 0.4) is 0 Å². The van der Waals surface area contributed by atoms with E-state index in [4.69, 9.17) is 14.4 Å². The molecule has 0 aliphatic rings. The number of esters is 1. The Morgan fingerprint density at radius 2 is 1.78 bits per heavy atom. The molecule has 0 spiro atoms. The summed E-state index contributed by atoms with van der Waals surface area (Å²) in [6, 6.07) is 15.3. The topological polar surface area (TPSA) is 133 Å². The van der Waals surface area contributed by atoms with Gasteiger partial charge in [0.25, 0.3) is 0 Å². The number of sulfonamides is 1. The van der Waals surface area contributed by atoms with E-state index in [1.165, 1.54) is 30.3 Å². The minimum absolute atomic E-state index is 0.0394. The Hall–Kier alpha value is -3.01. The van der Waals surface area contributed by atoms with Crippen LogP contribution in [0.15, 0.2) is 70.1 Å². The van der Waals surface area contributed by atoms with Gasteiger partial charge in [-0.2, -0.15) is 0 Å². The van der Waals surface area contributed by atoms with Crippen LogP contribution in [0.5, 0.6) is 0 Å². The number of carbonyl (C=O) groups excluding carboxylic acids is 1. The fourth-order valence-corrected chi connectivity index (χ4v) is 3.10. The summed E-state index contributed by atoms with van der Waals surface area (Å²) in [5, 5.41) is 20.1. The van der Waals surface area contributed by atoms with E-state index in [-0.39, 0.29) is 16.2 Å². The Bertz CT molecular complexity index is 1060. The van der Waals surface area contributed by atoms with E-state index in [1.54, 1.807) is 12.1 Å². The van der Waals surface area contributed by atoms with Gasteiger partial charge in [-0.15, -0.1) is 0 Å². The summed E-state index contributed by atoms with van der Waals surface area (Å²) in [4.78, 5) is 12.2. The molecule has 140 valence electrons. The van der Waals surface area contributed by atoms with E-state index in [1.807, 2.05) is 18.2 Å². The van der Waals surface area contributed by atoms with E-state index >= 15 is 0 Å². The van der Waals surface area contributed by atoms with Crippen LogP contribution in [-0.4, -0.2) is 31.8 Å². The molecule has 9 heteroatoms. The number of methoxy groups -OCH3 is 1. The van der Waals surface area contributed by atoms with Crippen molar-refractivity contribution in [2.45, 2.75) is 10.5 Å². The number of aliphatic hydroxyl groups is 1. The molecule has 27 heavy (non-hydrogen) atoms. The summed E-state index contributed by atoms with van der Waals surface area (Å²) < 4.78 is 32.8. The van der Waals surface area contributed by atoms with Crippen LogP contribution in [0, 0.1) is 0 Å². The first kappa shape index (κ1) is 18.8. The van der Waals surface area contributed by atoms with Crippen LogP contribution in [0.1, 0.15) is 11.3 Å². The number of nitrogens with two attached hydrogens (primary N) is 1. The van der Waals surface area contributed by atoms with E-state index in [0.29, 0.717) is 5.69 Å². The standard InChI is InChI=1S/C18H16N2O6S/c1-25-17(21)18(22,13-7-9-14(10-8-13)27(19,23)24)16-11-15(20-26-16)12-5-3-2-4-6-12/h2-11,22H,1H3,(H2,19,23,24). The van der Waals surface area contributed by atoms with Crippen molar-refractivity contribution in [1.29, 1.82) is 0 Å². The van der Waals surface area contributed by atoms with Gasteiger partial charge >= 0.3 is 5.97 Å². The predicted molar refractivity (Wildman–Crippen MR) is 94.8 cm³/mol. The number of hydrogen-bond donors (Lipinski definition) is 2. The minimum atomic E-state index is -3.92. The molecule has 0 saturated carbocycles. The molecule has 2 aromatic carbocycles. The van der Waals surface area contributed by atoms with E-state index in [2.05, 4.69) is 5.16 Å². The summed E-state index contributed by atoms with van der Waals surface area (Å²) in [7, 11) is -2.81. The maximum atomic E-state index is 12.4. The third kappa shape index (κ3) is 3.47. The molecule has 1 aromatic heterocycles. The lowest BCUT2D eigenvalue weighted by Crippen LogP contribution is -2.37. The molecule has 1 atom stereocenters. The Morgan fingerprint density at radius 1 is 1.15 bits per heavy atom. The average molecular weight is 388 g/mol. The lowest BCUT2D eigenvalue weighted by molar-refractivity contribution is -0.160. The first-order valence-corrected chi connectivity index (χ1v) is 9.28. The maximum absolute atomic E-state index is 12.4. The highest BCUT2D eigenvalue weighted by molar-refractivity contribution is 7.89. The van der Waals surface area contributed by atoms with Gasteiger partial charge in [0, 0.05) is 17.2 Å². The largest absolute Gasteiger partial charge is 0.466 e. The Balaban J connectivity index is 2.09. The number of benzene rings is 2. The Labute approximate surface area is 155 Å². The highest BCUT2D eigenvalue weighted by Gasteiger charge is 2.45. The predicted octanol–water partition coefficient (Wildman–Crippen LogP) is 1.40. The zero-order valence-corrected chi connectivity index (χ0v) is 15.0. The minimum Gasteiger partial charge on any atom is -0.466 e. The van der Waals surface area contributed by atoms with Gasteiger partial charge in [-0.25, -0.2) is 18.4 Å². The number of primary sulfonamides is 1. The summed E-state index contributed by atoms with van der Waals surface area (Å²) in [5.74, 6) is -1.18. The number of carbonyl (C=O) groups is 1. The molecular weight excluding hydrogens is 372 g/mol. The first-order chi connectivity index (χ1) is 12.8. The van der Waals surface area contributed by atoms with Gasteiger partial charge < -0.3 is 14.4 Å². The molecule has 0 radical (unpaired) electrons. The molecule has 0 aliphatic heterocycles. The zero-order valence-electron chi connectivity index (χ0n) is 14.2. The van der Waals surface area contributed by atoms with Crippen molar-refractivity contribution in [3.63, 3.8) is 0 Å². The van der Waals surface area contributed by atoms with Gasteiger partial charge in [-0.3, -0.25) is 0 Å². The summed E-state index contributed by atoms with van der Waals surface area (Å²) in [6.07, 6.45) is 0. The van der Waals surface area contributed by atoms with Gasteiger partial charge in [-0.05, 0) is 12.1 Å². The SMILES string of the molecule is COC(=O)C(O)(c1ccc(S(N)(=O)=O)cc1)c1cc(-c2ccccc2)no1. The summed E-state index contributed by atoms with van der Waals surface area (Å²) in [6.45, 7) is 0. The van der Waals surface area contributed by atoms with Crippen molar-refractivity contribution in [1.82, 2.24) is 5.16 Å². The van der Waals surface area contributed by atoms with Gasteiger partial charge in [0.2, 0.25) is 15.6 Å². The monoisotopic (exact) mass is 388 g/mol. The second kappa shape index (κ2) is 6.95. The van der Waals surface area contributed by atoms with Gasteiger partial charge in [0.05, 0.1) is 12.0 Å². The maximum Gasteiger partial charge on any atom is 0.350 e. The summed E-state index contributed by atoms with van der Waals surface area (Å²) in [5.41, 5.74) is -1.14. The number of rotatable bonds is 5. The van der Waals surface area contributed by atoms with E-state index in [9.17, 15) is 18.3 Å². The fraction of sp³-hybridized carbons (Fsp3) is 0.111. The molecule has 3 rings (SSSR count). The molecule has 0 aliphatic carbocycles. The second-order valence-corrected chi connectivity index (χ2v) is 7.28. The molecule has 1 unspecified atom stereocenters. The van der Waals surface area contributed by atoms with Crippen LogP contribution < -0.4 is 5.14 Å². The number of hydrogen-bond acceptors (Lipinski definition) is 7. The van der Waals surface area contributed by atoms with Crippen LogP contribution in [0.25, 0.3) is 11.3 Å². The lowest BCUT2D eigenvalue weighted by atomic mass is 9.90. The highest BCUT2D eigenvalue weighted by atomic mass is 32.2. The average Bonchev–Trinajstić information content (AvgIpc) is 3.17. The van der Waals surface area contributed by atoms with Crippen molar-refractivity contribution in [2.75, 3.05) is 7.11 Å². The smallest absolute Gasteiger partial charge is 0.350 e. The van der Waals surface area contributed by atoms with Crippen LogP contribution in [-0.2, 0) is 25.2 Å². The van der Waals surface area contributed by atoms with Crippen molar-refractivity contribution in [3.8, 4) is 11.3 Å². The third-order valence-corrected chi connectivity index (χ3v) is 4.95. The molecule has 0 amide bonds. The van der Waals surface area contributed by atoms with Crippen molar-refractivity contribution in [3.05, 3.63) is 72.0 Å². The first-order valence-electron chi connectivity index (χ1n) is 7.73. The molecule has 1 heterocycles. The van der Waals surface area contributed by atoms with Gasteiger partial charge in [0.1, 0.15) is 5.69 Å². The third-order valence-electron chi connectivity index (χ3n) is 4.02. The molecular formula is C18H16N2O6S. The number of nitrogens with zero attached hydrogens (tertiary/aromatic N) is 1. The quantitative estimate of drug-likeness (QED) is 0.631. The fourth-order valence-electron chi connectivity index (χ4n) is 2.58. The molecule has 0 bridgehead atoms. The Kier molecular flexibility index (Phi) is 4.83. The van der Waals surface area contributed by atoms with Gasteiger partial charge in [0.15, 0.2) is 5.76 Å². The molecule has 3 aromatic rings. The Morgan fingerprint density at radius 3 is 2.33 bits per heavy atom. The van der Waals surface area contributed by atoms with Crippen LogP contribution in [0.2, 0.25) is 0 Å². The van der Waals surface area contributed by atoms with Crippen LogP contribution >= 0.6 is 0 Å². The van der Waals surface area contributed by atoms with Crippen molar-refractivity contribution < 1.29 is 27.6 Å². The number of aromatic nitrogens is 1. The zero-order chi connectivity index (χ0) is 19.7. The molecule has 0 saturated heterocycles. The van der Waals surface area contributed by atoms with Crippen molar-refractivity contribution >= 4 is 16.0 Å². The molecule has 0 fully saturated rings. The van der Waals surface area contributed by atoms with E-state index < -0.39 is 21.6 Å². The van der Waals surface area contributed by atoms with E-state index in [0.717, 1.165) is 12.7 Å². The van der Waals surface area contributed by atoms with Crippen LogP contribution in [0.4, 0.5) is 0 Å². The second-order valence-electron chi connectivity index (χ2n) is 5.71. The summed E-state index contributed by atoms with van der Waals surface area (Å²) >= 11 is 0. The normalized spacial score (nSPS) is 13.7. The highest BCUT2D eigenvalue weighted by Crippen LogP contribution is 2.34. The molecule has 8 nitrogen and oxygen atoms in total. The number of ether oxygens (including phenoxy) is 1. The molecule has 3 N–H and O–H groups in total. The lowest BCUT2D eigenvalue weighted by Gasteiger charge is -2.22. The van der Waals surface area contributed by atoms with Crippen molar-refractivity contribution in [2.24, 2.45) is 5.14 Å². The van der Waals surface area contributed by atoms with Gasteiger partial charge in [-0.1, -0.05) is 47.6 Å².